The summed E-state index contributed by atoms with van der Waals surface area (Å²) in [5.41, 5.74) is 9.81. The van der Waals surface area contributed by atoms with Gasteiger partial charge in [-0.25, -0.2) is 0 Å². The number of nitrogen functional groups attached to an aromatic ring is 1. The average Bonchev–Trinajstić information content (AvgIpc) is 2.15. The maximum atomic E-state index is 5.89. The molecule has 0 unspecified atom stereocenters. The fourth-order valence-electron chi connectivity index (χ4n) is 2.34. The SMILES string of the molecule is Cc1cc(N)cc(N2CCC(C)(C)CC2)c1. The summed E-state index contributed by atoms with van der Waals surface area (Å²) in [6, 6.07) is 6.34. The maximum Gasteiger partial charge on any atom is 0.0389 e. The molecule has 0 radical (unpaired) electrons. The summed E-state index contributed by atoms with van der Waals surface area (Å²) in [5.74, 6) is 0. The van der Waals surface area contributed by atoms with Gasteiger partial charge in [0.15, 0.2) is 0 Å². The monoisotopic (exact) mass is 218 g/mol. The van der Waals surface area contributed by atoms with Crippen LogP contribution >= 0.6 is 0 Å². The molecule has 2 N–H and O–H groups in total. The van der Waals surface area contributed by atoms with Crippen LogP contribution in [0.5, 0.6) is 0 Å². The summed E-state index contributed by atoms with van der Waals surface area (Å²) in [6.45, 7) is 9.11. The first-order chi connectivity index (χ1) is 7.46. The quantitative estimate of drug-likeness (QED) is 0.733. The van der Waals surface area contributed by atoms with E-state index in [0.29, 0.717) is 5.41 Å². The van der Waals surface area contributed by atoms with E-state index in [-0.39, 0.29) is 0 Å². The van der Waals surface area contributed by atoms with Crippen LogP contribution in [0.3, 0.4) is 0 Å². The van der Waals surface area contributed by atoms with Gasteiger partial charge in [-0.2, -0.15) is 0 Å². The third kappa shape index (κ3) is 2.49. The minimum Gasteiger partial charge on any atom is -0.399 e. The molecular weight excluding hydrogens is 196 g/mol. The second-order valence-corrected chi connectivity index (χ2v) is 5.75. The Kier molecular flexibility index (Phi) is 2.83. The van der Waals surface area contributed by atoms with Crippen LogP contribution in [0.15, 0.2) is 18.2 Å². The molecule has 2 nitrogen and oxygen atoms in total. The lowest BCUT2D eigenvalue weighted by Gasteiger charge is -2.38. The average molecular weight is 218 g/mol. The topological polar surface area (TPSA) is 29.3 Å². The highest BCUT2D eigenvalue weighted by Crippen LogP contribution is 2.32. The Bertz CT molecular complexity index is 352. The normalized spacial score (nSPS) is 19.8. The van der Waals surface area contributed by atoms with E-state index in [4.69, 9.17) is 5.73 Å². The highest BCUT2D eigenvalue weighted by atomic mass is 15.1. The molecule has 0 atom stereocenters. The largest absolute Gasteiger partial charge is 0.399 e. The van der Waals surface area contributed by atoms with Crippen LogP contribution in [-0.4, -0.2) is 13.1 Å². The minimum absolute atomic E-state index is 0.506. The first-order valence-corrected chi connectivity index (χ1v) is 6.08. The summed E-state index contributed by atoms with van der Waals surface area (Å²) in [7, 11) is 0. The molecule has 16 heavy (non-hydrogen) atoms. The van der Waals surface area contributed by atoms with E-state index in [1.54, 1.807) is 0 Å². The number of anilines is 2. The molecule has 1 aromatic carbocycles. The summed E-state index contributed by atoms with van der Waals surface area (Å²) in [4.78, 5) is 2.45. The highest BCUT2D eigenvalue weighted by Gasteiger charge is 2.25. The lowest BCUT2D eigenvalue weighted by molar-refractivity contribution is 0.280. The van der Waals surface area contributed by atoms with E-state index in [1.165, 1.54) is 24.1 Å². The van der Waals surface area contributed by atoms with Crippen molar-refractivity contribution in [3.63, 3.8) is 0 Å². The van der Waals surface area contributed by atoms with Crippen molar-refractivity contribution in [3.05, 3.63) is 23.8 Å². The molecule has 1 aliphatic heterocycles. The predicted octanol–water partition coefficient (Wildman–Crippen LogP) is 3.20. The summed E-state index contributed by atoms with van der Waals surface area (Å²) < 4.78 is 0. The summed E-state index contributed by atoms with van der Waals surface area (Å²) in [6.07, 6.45) is 2.53. The fourth-order valence-corrected chi connectivity index (χ4v) is 2.34. The smallest absolute Gasteiger partial charge is 0.0389 e. The Hall–Kier alpha value is -1.18. The van der Waals surface area contributed by atoms with E-state index < -0.39 is 0 Å². The van der Waals surface area contributed by atoms with Gasteiger partial charge >= 0.3 is 0 Å². The first kappa shape index (κ1) is 11.3. The Morgan fingerprint density at radius 1 is 1.12 bits per heavy atom. The standard InChI is InChI=1S/C14H22N2/c1-11-8-12(15)10-13(9-11)16-6-4-14(2,3)5-7-16/h8-10H,4-7,15H2,1-3H3. The minimum atomic E-state index is 0.506. The molecule has 0 aliphatic carbocycles. The summed E-state index contributed by atoms with van der Waals surface area (Å²) in [5, 5.41) is 0. The van der Waals surface area contributed by atoms with Crippen molar-refractivity contribution in [1.29, 1.82) is 0 Å². The van der Waals surface area contributed by atoms with E-state index in [2.05, 4.69) is 37.8 Å². The van der Waals surface area contributed by atoms with Gasteiger partial charge in [-0.15, -0.1) is 0 Å². The Balaban J connectivity index is 2.14. The molecule has 0 amide bonds. The van der Waals surface area contributed by atoms with Crippen molar-refractivity contribution in [2.45, 2.75) is 33.6 Å². The van der Waals surface area contributed by atoms with Crippen molar-refractivity contribution in [2.75, 3.05) is 23.7 Å². The van der Waals surface area contributed by atoms with Gasteiger partial charge < -0.3 is 10.6 Å². The molecule has 0 bridgehead atoms. The van der Waals surface area contributed by atoms with Crippen molar-refractivity contribution in [3.8, 4) is 0 Å². The van der Waals surface area contributed by atoms with Crippen LogP contribution < -0.4 is 10.6 Å². The van der Waals surface area contributed by atoms with Crippen molar-refractivity contribution in [2.24, 2.45) is 5.41 Å². The van der Waals surface area contributed by atoms with Gasteiger partial charge in [-0.3, -0.25) is 0 Å². The Morgan fingerprint density at radius 3 is 2.31 bits per heavy atom. The van der Waals surface area contributed by atoms with Crippen LogP contribution in [0.2, 0.25) is 0 Å². The van der Waals surface area contributed by atoms with Gasteiger partial charge in [0, 0.05) is 24.5 Å². The van der Waals surface area contributed by atoms with Gasteiger partial charge in [0.2, 0.25) is 0 Å². The zero-order valence-corrected chi connectivity index (χ0v) is 10.6. The number of aryl methyl sites for hydroxylation is 1. The van der Waals surface area contributed by atoms with Gasteiger partial charge in [0.25, 0.3) is 0 Å². The van der Waals surface area contributed by atoms with Crippen LogP contribution in [0, 0.1) is 12.3 Å². The van der Waals surface area contributed by atoms with Crippen molar-refractivity contribution < 1.29 is 0 Å². The second kappa shape index (κ2) is 4.00. The van der Waals surface area contributed by atoms with Crippen LogP contribution in [0.25, 0.3) is 0 Å². The number of rotatable bonds is 1. The zero-order chi connectivity index (χ0) is 11.8. The molecule has 0 saturated carbocycles. The number of nitrogens with two attached hydrogens (primary N) is 1. The third-order valence-corrected chi connectivity index (χ3v) is 3.57. The Morgan fingerprint density at radius 2 is 1.75 bits per heavy atom. The van der Waals surface area contributed by atoms with Crippen LogP contribution in [-0.2, 0) is 0 Å². The summed E-state index contributed by atoms with van der Waals surface area (Å²) >= 11 is 0. The molecule has 0 spiro atoms. The second-order valence-electron chi connectivity index (χ2n) is 5.75. The molecule has 1 aliphatic rings. The van der Waals surface area contributed by atoms with E-state index in [0.717, 1.165) is 18.8 Å². The lowest BCUT2D eigenvalue weighted by Crippen LogP contribution is -2.37. The van der Waals surface area contributed by atoms with Crippen LogP contribution in [0.4, 0.5) is 11.4 Å². The van der Waals surface area contributed by atoms with E-state index >= 15 is 0 Å². The highest BCUT2D eigenvalue weighted by molar-refractivity contribution is 5.58. The Labute approximate surface area is 98.4 Å². The van der Waals surface area contributed by atoms with Gasteiger partial charge in [-0.05, 0) is 48.9 Å². The number of nitrogens with zero attached hydrogens (tertiary/aromatic N) is 1. The van der Waals surface area contributed by atoms with Crippen LogP contribution in [0.1, 0.15) is 32.3 Å². The molecule has 1 aromatic rings. The number of hydrogen-bond acceptors (Lipinski definition) is 2. The maximum absolute atomic E-state index is 5.89. The molecular formula is C14H22N2. The van der Waals surface area contributed by atoms with Gasteiger partial charge in [0.1, 0.15) is 0 Å². The molecule has 2 rings (SSSR count). The molecule has 1 heterocycles. The van der Waals surface area contributed by atoms with E-state index in [9.17, 15) is 0 Å². The van der Waals surface area contributed by atoms with Crippen molar-refractivity contribution in [1.82, 2.24) is 0 Å². The third-order valence-electron chi connectivity index (χ3n) is 3.57. The first-order valence-electron chi connectivity index (χ1n) is 6.08. The zero-order valence-electron chi connectivity index (χ0n) is 10.6. The fraction of sp³-hybridized carbons (Fsp3) is 0.571. The van der Waals surface area contributed by atoms with Gasteiger partial charge in [0.05, 0.1) is 0 Å². The number of hydrogen-bond donors (Lipinski definition) is 1. The van der Waals surface area contributed by atoms with E-state index in [1.807, 2.05) is 6.07 Å². The molecule has 1 saturated heterocycles. The molecule has 1 fully saturated rings. The van der Waals surface area contributed by atoms with Gasteiger partial charge in [-0.1, -0.05) is 13.8 Å². The molecule has 2 heteroatoms. The molecule has 0 aromatic heterocycles. The number of benzene rings is 1. The van der Waals surface area contributed by atoms with Crippen molar-refractivity contribution >= 4 is 11.4 Å². The predicted molar refractivity (Wildman–Crippen MR) is 70.8 cm³/mol. The molecule has 88 valence electrons. The number of piperidine rings is 1. The lowest BCUT2D eigenvalue weighted by atomic mass is 9.82.